The fraction of sp³-hybridized carbons (Fsp3) is 0.571. The number of nitrogens with zero attached hydrogens (tertiary/aromatic N) is 1. The van der Waals surface area contributed by atoms with Crippen molar-refractivity contribution in [3.8, 4) is 0 Å². The Labute approximate surface area is 103 Å². The highest BCUT2D eigenvalue weighted by Crippen LogP contribution is 2.25. The van der Waals surface area contributed by atoms with Crippen LogP contribution < -0.4 is 10.2 Å². The normalized spacial score (nSPS) is 19.9. The van der Waals surface area contributed by atoms with Crippen LogP contribution in [0.25, 0.3) is 0 Å². The van der Waals surface area contributed by atoms with E-state index in [0.717, 1.165) is 37.8 Å². The second kappa shape index (κ2) is 6.01. The van der Waals surface area contributed by atoms with Crippen molar-refractivity contribution >= 4 is 5.69 Å². The lowest BCUT2D eigenvalue weighted by molar-refractivity contribution is 0.510. The van der Waals surface area contributed by atoms with Gasteiger partial charge in [-0.25, -0.2) is 4.39 Å². The fourth-order valence-corrected chi connectivity index (χ4v) is 2.44. The van der Waals surface area contributed by atoms with Gasteiger partial charge in [0, 0.05) is 18.8 Å². The van der Waals surface area contributed by atoms with Crippen LogP contribution in [0.3, 0.4) is 0 Å². The Bertz CT molecular complexity index is 337. The van der Waals surface area contributed by atoms with Gasteiger partial charge in [-0.2, -0.15) is 0 Å². The highest BCUT2D eigenvalue weighted by molar-refractivity contribution is 5.47. The summed E-state index contributed by atoms with van der Waals surface area (Å²) in [6.45, 7) is 6.51. The maximum absolute atomic E-state index is 12.8. The van der Waals surface area contributed by atoms with Crippen LogP contribution in [0.2, 0.25) is 0 Å². The van der Waals surface area contributed by atoms with Gasteiger partial charge in [-0.05, 0) is 56.1 Å². The molecule has 0 radical (unpaired) electrons. The highest BCUT2D eigenvalue weighted by Gasteiger charge is 2.21. The van der Waals surface area contributed by atoms with Gasteiger partial charge in [0.2, 0.25) is 0 Å². The molecule has 0 spiro atoms. The third kappa shape index (κ3) is 3.43. The summed E-state index contributed by atoms with van der Waals surface area (Å²) in [4.78, 5) is 2.36. The Morgan fingerprint density at radius 3 is 2.82 bits per heavy atom. The molecule has 1 aliphatic rings. The third-order valence-electron chi connectivity index (χ3n) is 3.46. The van der Waals surface area contributed by atoms with E-state index in [-0.39, 0.29) is 5.82 Å². The molecule has 0 saturated carbocycles. The van der Waals surface area contributed by atoms with Crippen LogP contribution >= 0.6 is 0 Å². The van der Waals surface area contributed by atoms with E-state index in [1.165, 1.54) is 12.8 Å². The molecule has 1 atom stereocenters. The van der Waals surface area contributed by atoms with Gasteiger partial charge in [-0.3, -0.25) is 0 Å². The summed E-state index contributed by atoms with van der Waals surface area (Å²) in [7, 11) is 0. The zero-order valence-electron chi connectivity index (χ0n) is 10.5. The molecule has 1 unspecified atom stereocenters. The summed E-state index contributed by atoms with van der Waals surface area (Å²) in [6, 6.07) is 6.84. The predicted octanol–water partition coefficient (Wildman–Crippen LogP) is 2.65. The summed E-state index contributed by atoms with van der Waals surface area (Å²) in [5.74, 6) is 0.621. The number of nitrogens with one attached hydrogen (secondary N) is 1. The smallest absolute Gasteiger partial charge is 0.123 e. The molecule has 1 aromatic rings. The molecule has 2 nitrogen and oxygen atoms in total. The first-order chi connectivity index (χ1) is 8.29. The topological polar surface area (TPSA) is 15.3 Å². The molecule has 1 aliphatic heterocycles. The average Bonchev–Trinajstić information content (AvgIpc) is 2.79. The van der Waals surface area contributed by atoms with E-state index in [1.807, 2.05) is 12.1 Å². The van der Waals surface area contributed by atoms with E-state index in [2.05, 4.69) is 17.1 Å². The van der Waals surface area contributed by atoms with Crippen molar-refractivity contribution in [2.45, 2.75) is 19.8 Å². The van der Waals surface area contributed by atoms with Gasteiger partial charge in [0.05, 0.1) is 0 Å². The fourth-order valence-electron chi connectivity index (χ4n) is 2.44. The molecule has 1 fully saturated rings. The molecule has 0 aromatic heterocycles. The predicted molar refractivity (Wildman–Crippen MR) is 69.9 cm³/mol. The first kappa shape index (κ1) is 12.4. The maximum atomic E-state index is 12.8. The van der Waals surface area contributed by atoms with Gasteiger partial charge in [0.1, 0.15) is 5.82 Å². The standard InChI is InChI=1S/C14H21FN2/c1-2-16-9-7-12-8-10-17(11-12)14-5-3-13(15)4-6-14/h3-6,12,16H,2,7-11H2,1H3. The minimum Gasteiger partial charge on any atom is -0.371 e. The van der Waals surface area contributed by atoms with Crippen molar-refractivity contribution in [1.82, 2.24) is 5.32 Å². The minimum atomic E-state index is -0.156. The van der Waals surface area contributed by atoms with Crippen LogP contribution in [0.4, 0.5) is 10.1 Å². The van der Waals surface area contributed by atoms with E-state index in [1.54, 1.807) is 12.1 Å². The molecule has 1 aromatic carbocycles. The van der Waals surface area contributed by atoms with Crippen LogP contribution in [-0.4, -0.2) is 26.2 Å². The molecule has 3 heteroatoms. The molecular weight excluding hydrogens is 215 g/mol. The lowest BCUT2D eigenvalue weighted by atomic mass is 10.1. The third-order valence-corrected chi connectivity index (χ3v) is 3.46. The number of anilines is 1. The zero-order chi connectivity index (χ0) is 12.1. The van der Waals surface area contributed by atoms with Gasteiger partial charge >= 0.3 is 0 Å². The van der Waals surface area contributed by atoms with Gasteiger partial charge in [0.25, 0.3) is 0 Å². The Morgan fingerprint density at radius 2 is 2.12 bits per heavy atom. The molecule has 0 aliphatic carbocycles. The molecule has 1 N–H and O–H groups in total. The Balaban J connectivity index is 1.83. The summed E-state index contributed by atoms with van der Waals surface area (Å²) < 4.78 is 12.8. The van der Waals surface area contributed by atoms with Crippen molar-refractivity contribution in [2.24, 2.45) is 5.92 Å². The van der Waals surface area contributed by atoms with Crippen LogP contribution in [0.5, 0.6) is 0 Å². The van der Waals surface area contributed by atoms with Gasteiger partial charge in [-0.15, -0.1) is 0 Å². The van der Waals surface area contributed by atoms with Crippen molar-refractivity contribution in [3.05, 3.63) is 30.1 Å². The van der Waals surface area contributed by atoms with Crippen molar-refractivity contribution in [2.75, 3.05) is 31.1 Å². The monoisotopic (exact) mass is 236 g/mol. The van der Waals surface area contributed by atoms with Crippen LogP contribution in [0.1, 0.15) is 19.8 Å². The molecule has 17 heavy (non-hydrogen) atoms. The summed E-state index contributed by atoms with van der Waals surface area (Å²) in [5.41, 5.74) is 1.15. The van der Waals surface area contributed by atoms with E-state index in [4.69, 9.17) is 0 Å². The number of benzene rings is 1. The van der Waals surface area contributed by atoms with E-state index in [0.29, 0.717) is 0 Å². The van der Waals surface area contributed by atoms with Gasteiger partial charge < -0.3 is 10.2 Å². The average molecular weight is 236 g/mol. The molecule has 94 valence electrons. The van der Waals surface area contributed by atoms with E-state index in [9.17, 15) is 4.39 Å². The Kier molecular flexibility index (Phi) is 4.37. The second-order valence-electron chi connectivity index (χ2n) is 4.72. The molecule has 0 amide bonds. The molecule has 0 bridgehead atoms. The Morgan fingerprint density at radius 1 is 1.35 bits per heavy atom. The van der Waals surface area contributed by atoms with Gasteiger partial charge in [-0.1, -0.05) is 6.92 Å². The SMILES string of the molecule is CCNCCC1CCN(c2ccc(F)cc2)C1. The lowest BCUT2D eigenvalue weighted by Gasteiger charge is -2.18. The minimum absolute atomic E-state index is 0.156. The number of rotatable bonds is 5. The summed E-state index contributed by atoms with van der Waals surface area (Å²) in [6.07, 6.45) is 2.49. The quantitative estimate of drug-likeness (QED) is 0.791. The first-order valence-corrected chi connectivity index (χ1v) is 6.51. The number of hydrogen-bond donors (Lipinski definition) is 1. The van der Waals surface area contributed by atoms with Crippen LogP contribution in [0.15, 0.2) is 24.3 Å². The highest BCUT2D eigenvalue weighted by atomic mass is 19.1. The zero-order valence-corrected chi connectivity index (χ0v) is 10.5. The van der Waals surface area contributed by atoms with Crippen LogP contribution in [-0.2, 0) is 0 Å². The molecule has 1 saturated heterocycles. The summed E-state index contributed by atoms with van der Waals surface area (Å²) >= 11 is 0. The lowest BCUT2D eigenvalue weighted by Crippen LogP contribution is -2.22. The molecule has 1 heterocycles. The molecular formula is C14H21FN2. The summed E-state index contributed by atoms with van der Waals surface area (Å²) in [5, 5.41) is 3.37. The maximum Gasteiger partial charge on any atom is 0.123 e. The van der Waals surface area contributed by atoms with Crippen molar-refractivity contribution in [3.63, 3.8) is 0 Å². The van der Waals surface area contributed by atoms with Crippen molar-refractivity contribution < 1.29 is 4.39 Å². The van der Waals surface area contributed by atoms with Crippen molar-refractivity contribution in [1.29, 1.82) is 0 Å². The van der Waals surface area contributed by atoms with Gasteiger partial charge in [0.15, 0.2) is 0 Å². The first-order valence-electron chi connectivity index (χ1n) is 6.51. The van der Waals surface area contributed by atoms with E-state index < -0.39 is 0 Å². The number of hydrogen-bond acceptors (Lipinski definition) is 2. The second-order valence-corrected chi connectivity index (χ2v) is 4.72. The van der Waals surface area contributed by atoms with Crippen LogP contribution in [0, 0.1) is 11.7 Å². The Hall–Kier alpha value is -1.09. The van der Waals surface area contributed by atoms with E-state index >= 15 is 0 Å². The molecule has 2 rings (SSSR count). The number of halogens is 1. The largest absolute Gasteiger partial charge is 0.371 e.